The smallest absolute Gasteiger partial charge is 0.488 e. The first kappa shape index (κ1) is 14.7. The van der Waals surface area contributed by atoms with Crippen LogP contribution in [0.25, 0.3) is 0 Å². The number of anilines is 1. The maximum Gasteiger partial charge on any atom is 0.494 e. The predicted molar refractivity (Wildman–Crippen MR) is 85.4 cm³/mol. The SMILES string of the molecule is CNc1cc(B2OC(C)(C)C(C)(C)O2)ccc1OC1CC1. The molecular formula is C16H24BNO3. The van der Waals surface area contributed by atoms with Gasteiger partial charge in [0.2, 0.25) is 0 Å². The van der Waals surface area contributed by atoms with Crippen molar-refractivity contribution in [1.82, 2.24) is 0 Å². The molecule has 1 aromatic rings. The lowest BCUT2D eigenvalue weighted by atomic mass is 9.79. The molecule has 0 unspecified atom stereocenters. The Morgan fingerprint density at radius 3 is 2.29 bits per heavy atom. The molecule has 2 aliphatic rings. The van der Waals surface area contributed by atoms with E-state index in [9.17, 15) is 0 Å². The zero-order valence-corrected chi connectivity index (χ0v) is 13.5. The molecule has 1 saturated heterocycles. The number of rotatable bonds is 4. The third-order valence-electron chi connectivity index (χ3n) is 4.62. The van der Waals surface area contributed by atoms with Crippen molar-refractivity contribution in [1.29, 1.82) is 0 Å². The Morgan fingerprint density at radius 2 is 1.76 bits per heavy atom. The number of nitrogens with one attached hydrogen (secondary N) is 1. The van der Waals surface area contributed by atoms with Crippen molar-refractivity contribution in [3.05, 3.63) is 18.2 Å². The summed E-state index contributed by atoms with van der Waals surface area (Å²) < 4.78 is 18.1. The van der Waals surface area contributed by atoms with E-state index in [0.29, 0.717) is 6.10 Å². The van der Waals surface area contributed by atoms with Gasteiger partial charge in [-0.1, -0.05) is 6.07 Å². The quantitative estimate of drug-likeness (QED) is 0.865. The summed E-state index contributed by atoms with van der Waals surface area (Å²) in [5.74, 6) is 0.903. The highest BCUT2D eigenvalue weighted by Crippen LogP contribution is 2.37. The second kappa shape index (κ2) is 4.92. The Morgan fingerprint density at radius 1 is 1.14 bits per heavy atom. The molecule has 0 aromatic heterocycles. The van der Waals surface area contributed by atoms with E-state index in [1.165, 1.54) is 0 Å². The van der Waals surface area contributed by atoms with E-state index in [0.717, 1.165) is 29.7 Å². The molecule has 1 heterocycles. The Kier molecular flexibility index (Phi) is 3.45. The highest BCUT2D eigenvalue weighted by atomic mass is 16.7. The van der Waals surface area contributed by atoms with E-state index >= 15 is 0 Å². The summed E-state index contributed by atoms with van der Waals surface area (Å²) in [5, 5.41) is 3.20. The summed E-state index contributed by atoms with van der Waals surface area (Å²) in [6, 6.07) is 6.09. The first-order valence-corrected chi connectivity index (χ1v) is 7.66. The van der Waals surface area contributed by atoms with Gasteiger partial charge in [0.15, 0.2) is 0 Å². The van der Waals surface area contributed by atoms with Crippen LogP contribution in [-0.4, -0.2) is 31.5 Å². The minimum atomic E-state index is -0.336. The summed E-state index contributed by atoms with van der Waals surface area (Å²) in [6.07, 6.45) is 2.70. The van der Waals surface area contributed by atoms with E-state index in [2.05, 4.69) is 39.1 Å². The van der Waals surface area contributed by atoms with Gasteiger partial charge in [-0.05, 0) is 58.1 Å². The average molecular weight is 289 g/mol. The molecule has 0 radical (unpaired) electrons. The minimum Gasteiger partial charge on any atom is -0.488 e. The van der Waals surface area contributed by atoms with Gasteiger partial charge < -0.3 is 19.4 Å². The molecule has 1 N–H and O–H groups in total. The summed E-state index contributed by atoms with van der Waals surface area (Å²) in [4.78, 5) is 0. The van der Waals surface area contributed by atoms with Gasteiger partial charge in [-0.3, -0.25) is 0 Å². The molecule has 1 aromatic carbocycles. The van der Waals surface area contributed by atoms with E-state index < -0.39 is 0 Å². The number of hydrogen-bond donors (Lipinski definition) is 1. The Balaban J connectivity index is 1.83. The zero-order valence-electron chi connectivity index (χ0n) is 13.5. The Labute approximate surface area is 127 Å². The number of benzene rings is 1. The Bertz CT molecular complexity index is 524. The number of hydrogen-bond acceptors (Lipinski definition) is 4. The fourth-order valence-electron chi connectivity index (χ4n) is 2.34. The van der Waals surface area contributed by atoms with Crippen molar-refractivity contribution in [2.24, 2.45) is 0 Å². The fourth-order valence-corrected chi connectivity index (χ4v) is 2.34. The minimum absolute atomic E-state index is 0.319. The van der Waals surface area contributed by atoms with Gasteiger partial charge in [0.05, 0.1) is 23.0 Å². The summed E-state index contributed by atoms with van der Waals surface area (Å²) in [5.41, 5.74) is 1.36. The molecule has 0 atom stereocenters. The molecule has 1 aliphatic heterocycles. The molecule has 5 heteroatoms. The molecule has 21 heavy (non-hydrogen) atoms. The average Bonchev–Trinajstić information content (AvgIpc) is 3.17. The highest BCUT2D eigenvalue weighted by molar-refractivity contribution is 6.62. The monoisotopic (exact) mass is 289 g/mol. The van der Waals surface area contributed by atoms with E-state index in [1.54, 1.807) is 0 Å². The zero-order chi connectivity index (χ0) is 15.3. The standard InChI is InChI=1S/C16H24BNO3/c1-15(2)16(3,4)21-17(20-15)11-6-9-14(13(10-11)18-5)19-12-7-8-12/h6,9-10,12,18H,7-8H2,1-5H3. The van der Waals surface area contributed by atoms with E-state index in [-0.39, 0.29) is 18.3 Å². The Hall–Kier alpha value is -1.20. The van der Waals surface area contributed by atoms with Crippen LogP contribution in [0.1, 0.15) is 40.5 Å². The van der Waals surface area contributed by atoms with Crippen LogP contribution in [0.2, 0.25) is 0 Å². The van der Waals surface area contributed by atoms with Gasteiger partial charge in [0.25, 0.3) is 0 Å². The highest BCUT2D eigenvalue weighted by Gasteiger charge is 2.51. The second-order valence-electron chi connectivity index (χ2n) is 6.91. The first-order valence-electron chi connectivity index (χ1n) is 7.66. The van der Waals surface area contributed by atoms with Crippen LogP contribution in [0.15, 0.2) is 18.2 Å². The first-order chi connectivity index (χ1) is 9.82. The maximum absolute atomic E-state index is 6.09. The molecule has 114 valence electrons. The van der Waals surface area contributed by atoms with E-state index in [4.69, 9.17) is 14.0 Å². The predicted octanol–water partition coefficient (Wildman–Crippen LogP) is 2.57. The number of ether oxygens (including phenoxy) is 1. The molecule has 1 aliphatic carbocycles. The van der Waals surface area contributed by atoms with Crippen molar-refractivity contribution in [2.45, 2.75) is 57.8 Å². The van der Waals surface area contributed by atoms with Crippen molar-refractivity contribution < 1.29 is 14.0 Å². The lowest BCUT2D eigenvalue weighted by Gasteiger charge is -2.32. The van der Waals surface area contributed by atoms with Crippen LogP contribution in [0.5, 0.6) is 5.75 Å². The van der Waals surface area contributed by atoms with Gasteiger partial charge in [-0.15, -0.1) is 0 Å². The molecule has 4 nitrogen and oxygen atoms in total. The van der Waals surface area contributed by atoms with Gasteiger partial charge in [-0.25, -0.2) is 0 Å². The molecule has 0 spiro atoms. The van der Waals surface area contributed by atoms with Crippen molar-refractivity contribution in [3.63, 3.8) is 0 Å². The van der Waals surface area contributed by atoms with Gasteiger partial charge in [0, 0.05) is 7.05 Å². The van der Waals surface area contributed by atoms with Crippen LogP contribution < -0.4 is 15.5 Å². The van der Waals surface area contributed by atoms with Gasteiger partial charge in [-0.2, -0.15) is 0 Å². The summed E-state index contributed by atoms with van der Waals surface area (Å²) >= 11 is 0. The molecule has 1 saturated carbocycles. The summed E-state index contributed by atoms with van der Waals surface area (Å²) in [7, 11) is 1.57. The van der Waals surface area contributed by atoms with Crippen LogP contribution in [0, 0.1) is 0 Å². The van der Waals surface area contributed by atoms with Gasteiger partial charge >= 0.3 is 7.12 Å². The fraction of sp³-hybridized carbons (Fsp3) is 0.625. The topological polar surface area (TPSA) is 39.7 Å². The lowest BCUT2D eigenvalue weighted by Crippen LogP contribution is -2.41. The lowest BCUT2D eigenvalue weighted by molar-refractivity contribution is 0.00578. The molecule has 0 amide bonds. The molecule has 3 rings (SSSR count). The summed E-state index contributed by atoms with van der Waals surface area (Å²) in [6.45, 7) is 8.26. The molecule has 2 fully saturated rings. The van der Waals surface area contributed by atoms with Crippen LogP contribution in [-0.2, 0) is 9.31 Å². The third kappa shape index (κ3) is 2.77. The largest absolute Gasteiger partial charge is 0.494 e. The van der Waals surface area contributed by atoms with Crippen LogP contribution in [0.4, 0.5) is 5.69 Å². The van der Waals surface area contributed by atoms with E-state index in [1.807, 2.05) is 19.2 Å². The molecule has 0 bridgehead atoms. The third-order valence-corrected chi connectivity index (χ3v) is 4.62. The normalized spacial score (nSPS) is 23.2. The van der Waals surface area contributed by atoms with Gasteiger partial charge in [0.1, 0.15) is 5.75 Å². The molecular weight excluding hydrogens is 265 g/mol. The second-order valence-corrected chi connectivity index (χ2v) is 6.91. The van der Waals surface area contributed by atoms with Crippen molar-refractivity contribution in [2.75, 3.05) is 12.4 Å². The van der Waals surface area contributed by atoms with Crippen LogP contribution in [0.3, 0.4) is 0 Å². The van der Waals surface area contributed by atoms with Crippen molar-refractivity contribution >= 4 is 18.3 Å². The van der Waals surface area contributed by atoms with Crippen LogP contribution >= 0.6 is 0 Å². The van der Waals surface area contributed by atoms with Crippen molar-refractivity contribution in [3.8, 4) is 5.75 Å². The maximum atomic E-state index is 6.09.